The summed E-state index contributed by atoms with van der Waals surface area (Å²) in [5.41, 5.74) is 0. The van der Waals surface area contributed by atoms with E-state index in [1.54, 1.807) is 4.31 Å². The van der Waals surface area contributed by atoms with Crippen molar-refractivity contribution in [3.05, 3.63) is 30.1 Å². The molecule has 0 radical (unpaired) electrons. The predicted molar refractivity (Wildman–Crippen MR) is 79.0 cm³/mol. The van der Waals surface area contributed by atoms with Crippen molar-refractivity contribution in [3.63, 3.8) is 0 Å². The Balaban J connectivity index is 1.82. The summed E-state index contributed by atoms with van der Waals surface area (Å²) in [4.78, 5) is 0.0604. The fourth-order valence-corrected chi connectivity index (χ4v) is 4.63. The minimum absolute atomic E-state index is 0.0604. The molecule has 2 fully saturated rings. The Morgan fingerprint density at radius 1 is 1.24 bits per heavy atom. The molecule has 2 aliphatic rings. The van der Waals surface area contributed by atoms with Gasteiger partial charge in [0, 0.05) is 18.6 Å². The minimum atomic E-state index is -3.61. The second-order valence-corrected chi connectivity index (χ2v) is 7.80. The molecule has 1 aromatic carbocycles. The molecule has 1 aliphatic carbocycles. The molecule has 0 bridgehead atoms. The van der Waals surface area contributed by atoms with Gasteiger partial charge in [0.1, 0.15) is 5.82 Å². The van der Waals surface area contributed by atoms with Gasteiger partial charge in [0.15, 0.2) is 0 Å². The van der Waals surface area contributed by atoms with E-state index in [4.69, 9.17) is 0 Å². The summed E-state index contributed by atoms with van der Waals surface area (Å²) in [6, 6.07) is 5.60. The number of rotatable bonds is 5. The normalized spacial score (nSPS) is 23.4. The molecule has 1 saturated carbocycles. The third kappa shape index (κ3) is 3.44. The van der Waals surface area contributed by atoms with Crippen molar-refractivity contribution in [1.29, 1.82) is 0 Å². The number of sulfonamides is 1. The highest BCUT2D eigenvalue weighted by molar-refractivity contribution is 7.89. The molecule has 1 aliphatic heterocycles. The van der Waals surface area contributed by atoms with Crippen molar-refractivity contribution in [2.45, 2.75) is 49.1 Å². The third-order valence-electron chi connectivity index (χ3n) is 4.17. The van der Waals surface area contributed by atoms with Gasteiger partial charge in [0.25, 0.3) is 0 Å². The smallest absolute Gasteiger partial charge is 0.243 e. The molecule has 1 heterocycles. The monoisotopic (exact) mass is 312 g/mol. The average Bonchev–Trinajstić information content (AvgIpc) is 3.30. The molecule has 1 atom stereocenters. The van der Waals surface area contributed by atoms with E-state index in [9.17, 15) is 12.8 Å². The highest BCUT2D eigenvalue weighted by Gasteiger charge is 2.39. The number of hydrogen-bond acceptors (Lipinski definition) is 3. The van der Waals surface area contributed by atoms with Gasteiger partial charge in [-0.15, -0.1) is 0 Å². The Hall–Kier alpha value is -0.980. The molecule has 1 aromatic rings. The maximum Gasteiger partial charge on any atom is 0.243 e. The van der Waals surface area contributed by atoms with Gasteiger partial charge in [0.05, 0.1) is 4.90 Å². The molecule has 0 spiro atoms. The maximum absolute atomic E-state index is 13.3. The lowest BCUT2D eigenvalue weighted by Crippen LogP contribution is -2.46. The van der Waals surface area contributed by atoms with E-state index in [0.717, 1.165) is 44.7 Å². The topological polar surface area (TPSA) is 49.4 Å². The van der Waals surface area contributed by atoms with Crippen LogP contribution in [0.5, 0.6) is 0 Å². The van der Waals surface area contributed by atoms with E-state index < -0.39 is 15.8 Å². The summed E-state index contributed by atoms with van der Waals surface area (Å²) < 4.78 is 40.5. The van der Waals surface area contributed by atoms with Crippen LogP contribution in [0.1, 0.15) is 32.1 Å². The van der Waals surface area contributed by atoms with Gasteiger partial charge < -0.3 is 5.32 Å². The lowest BCUT2D eigenvalue weighted by molar-refractivity contribution is 0.307. The van der Waals surface area contributed by atoms with Crippen molar-refractivity contribution < 1.29 is 12.8 Å². The molecule has 4 nitrogen and oxygen atoms in total. The van der Waals surface area contributed by atoms with E-state index in [0.29, 0.717) is 6.54 Å². The van der Waals surface area contributed by atoms with Crippen LogP contribution in [0.4, 0.5) is 4.39 Å². The van der Waals surface area contributed by atoms with Crippen molar-refractivity contribution in [2.75, 3.05) is 13.1 Å². The van der Waals surface area contributed by atoms with E-state index in [1.165, 1.54) is 18.2 Å². The van der Waals surface area contributed by atoms with Crippen LogP contribution >= 0.6 is 0 Å². The van der Waals surface area contributed by atoms with Gasteiger partial charge in [-0.25, -0.2) is 12.8 Å². The lowest BCUT2D eigenvalue weighted by Gasteiger charge is -2.30. The van der Waals surface area contributed by atoms with Crippen LogP contribution in [0.15, 0.2) is 29.2 Å². The molecule has 0 amide bonds. The first kappa shape index (κ1) is 14.9. The SMILES string of the molecule is O=S(=O)(c1cccc(F)c1)N(CC1CCCCN1)C1CC1. The lowest BCUT2D eigenvalue weighted by atomic mass is 10.1. The first-order valence-electron chi connectivity index (χ1n) is 7.58. The van der Waals surface area contributed by atoms with Crippen molar-refractivity contribution in [2.24, 2.45) is 0 Å². The zero-order valence-electron chi connectivity index (χ0n) is 12.0. The highest BCUT2D eigenvalue weighted by atomic mass is 32.2. The second kappa shape index (κ2) is 6.02. The van der Waals surface area contributed by atoms with Gasteiger partial charge in [0.2, 0.25) is 10.0 Å². The molecule has 1 saturated heterocycles. The summed E-state index contributed by atoms with van der Waals surface area (Å²) in [5.74, 6) is -0.511. The molecule has 3 rings (SSSR count). The van der Waals surface area contributed by atoms with Crippen LogP contribution in [0.2, 0.25) is 0 Å². The largest absolute Gasteiger partial charge is 0.313 e. The number of hydrogen-bond donors (Lipinski definition) is 1. The Morgan fingerprint density at radius 2 is 2.05 bits per heavy atom. The van der Waals surface area contributed by atoms with Gasteiger partial charge in [-0.2, -0.15) is 4.31 Å². The molecule has 1 N–H and O–H groups in total. The fourth-order valence-electron chi connectivity index (χ4n) is 2.87. The highest BCUT2D eigenvalue weighted by Crippen LogP contribution is 2.32. The molecule has 116 valence electrons. The van der Waals surface area contributed by atoms with Crippen LogP contribution in [-0.2, 0) is 10.0 Å². The summed E-state index contributed by atoms with van der Waals surface area (Å²) in [7, 11) is -3.61. The summed E-state index contributed by atoms with van der Waals surface area (Å²) in [6.07, 6.45) is 5.09. The number of benzene rings is 1. The molecular formula is C15H21FN2O2S. The van der Waals surface area contributed by atoms with Crippen LogP contribution in [-0.4, -0.2) is 37.9 Å². The third-order valence-corrected chi connectivity index (χ3v) is 6.08. The van der Waals surface area contributed by atoms with E-state index in [1.807, 2.05) is 0 Å². The molecule has 6 heteroatoms. The number of nitrogens with zero attached hydrogens (tertiary/aromatic N) is 1. The Morgan fingerprint density at radius 3 is 2.67 bits per heavy atom. The second-order valence-electron chi connectivity index (χ2n) is 5.91. The first-order valence-corrected chi connectivity index (χ1v) is 9.02. The Labute approximate surface area is 125 Å². The Kier molecular flexibility index (Phi) is 4.28. The first-order chi connectivity index (χ1) is 10.1. The number of halogens is 1. The molecule has 21 heavy (non-hydrogen) atoms. The molecule has 1 unspecified atom stereocenters. The van der Waals surface area contributed by atoms with Gasteiger partial charge in [-0.3, -0.25) is 0 Å². The zero-order valence-corrected chi connectivity index (χ0v) is 12.8. The standard InChI is InChI=1S/C15H21FN2O2S/c16-12-4-3-6-15(10-12)21(19,20)18(14-7-8-14)11-13-5-1-2-9-17-13/h3-4,6,10,13-14,17H,1-2,5,7-9,11H2. The van der Waals surface area contributed by atoms with Crippen LogP contribution < -0.4 is 5.32 Å². The van der Waals surface area contributed by atoms with E-state index in [2.05, 4.69) is 5.32 Å². The zero-order chi connectivity index (χ0) is 14.9. The number of piperidine rings is 1. The van der Waals surface area contributed by atoms with Gasteiger partial charge in [-0.1, -0.05) is 12.5 Å². The minimum Gasteiger partial charge on any atom is -0.313 e. The number of nitrogens with one attached hydrogen (secondary N) is 1. The van der Waals surface area contributed by atoms with Gasteiger partial charge >= 0.3 is 0 Å². The fraction of sp³-hybridized carbons (Fsp3) is 0.600. The molecule has 0 aromatic heterocycles. The van der Waals surface area contributed by atoms with Gasteiger partial charge in [-0.05, 0) is 50.4 Å². The summed E-state index contributed by atoms with van der Waals surface area (Å²) in [6.45, 7) is 1.44. The average molecular weight is 312 g/mol. The quantitative estimate of drug-likeness (QED) is 0.906. The van der Waals surface area contributed by atoms with Crippen LogP contribution in [0.3, 0.4) is 0 Å². The van der Waals surface area contributed by atoms with Crippen molar-refractivity contribution >= 4 is 10.0 Å². The summed E-state index contributed by atoms with van der Waals surface area (Å²) in [5, 5.41) is 3.39. The van der Waals surface area contributed by atoms with Crippen LogP contribution in [0, 0.1) is 5.82 Å². The molecular weight excluding hydrogens is 291 g/mol. The van der Waals surface area contributed by atoms with Crippen molar-refractivity contribution in [3.8, 4) is 0 Å². The summed E-state index contributed by atoms with van der Waals surface area (Å²) >= 11 is 0. The van der Waals surface area contributed by atoms with E-state index in [-0.39, 0.29) is 17.0 Å². The van der Waals surface area contributed by atoms with Crippen LogP contribution in [0.25, 0.3) is 0 Å². The maximum atomic E-state index is 13.3. The van der Waals surface area contributed by atoms with Crippen molar-refractivity contribution in [1.82, 2.24) is 9.62 Å². The van der Waals surface area contributed by atoms with E-state index >= 15 is 0 Å². The Bertz CT molecular complexity index is 595. The predicted octanol–water partition coefficient (Wildman–Crippen LogP) is 2.12.